The van der Waals surface area contributed by atoms with Crippen molar-refractivity contribution in [1.82, 2.24) is 4.98 Å². The SMILES string of the molecule is CCCCCN(C)c1nc(NN)ccc1[N+](=O)[O-]. The van der Waals surface area contributed by atoms with Crippen LogP contribution in [0.1, 0.15) is 26.2 Å². The number of hydrogen-bond donors (Lipinski definition) is 2. The zero-order chi connectivity index (χ0) is 13.5. The summed E-state index contributed by atoms with van der Waals surface area (Å²) < 4.78 is 0. The Kier molecular flexibility index (Phi) is 5.31. The van der Waals surface area contributed by atoms with Crippen molar-refractivity contribution in [2.45, 2.75) is 26.2 Å². The van der Waals surface area contributed by atoms with E-state index in [0.717, 1.165) is 25.8 Å². The van der Waals surface area contributed by atoms with Gasteiger partial charge in [0.25, 0.3) is 0 Å². The molecule has 100 valence electrons. The Morgan fingerprint density at radius 1 is 1.50 bits per heavy atom. The molecule has 0 aliphatic rings. The number of aromatic nitrogens is 1. The normalized spacial score (nSPS) is 10.2. The van der Waals surface area contributed by atoms with Crippen molar-refractivity contribution in [1.29, 1.82) is 0 Å². The van der Waals surface area contributed by atoms with E-state index in [2.05, 4.69) is 17.3 Å². The first-order valence-electron chi connectivity index (χ1n) is 5.93. The molecular formula is C11H19N5O2. The molecule has 0 aromatic carbocycles. The molecule has 0 saturated carbocycles. The van der Waals surface area contributed by atoms with Crippen LogP contribution in [0, 0.1) is 10.1 Å². The number of unbranched alkanes of at least 4 members (excludes halogenated alkanes) is 2. The lowest BCUT2D eigenvalue weighted by atomic mass is 10.2. The maximum Gasteiger partial charge on any atom is 0.311 e. The number of pyridine rings is 1. The minimum Gasteiger partial charge on any atom is -0.354 e. The van der Waals surface area contributed by atoms with Crippen LogP contribution >= 0.6 is 0 Å². The fourth-order valence-corrected chi connectivity index (χ4v) is 1.65. The van der Waals surface area contributed by atoms with Gasteiger partial charge in [-0.2, -0.15) is 0 Å². The topological polar surface area (TPSA) is 97.3 Å². The van der Waals surface area contributed by atoms with Gasteiger partial charge >= 0.3 is 5.69 Å². The largest absolute Gasteiger partial charge is 0.354 e. The average molecular weight is 253 g/mol. The summed E-state index contributed by atoms with van der Waals surface area (Å²) in [6.45, 7) is 2.84. The first kappa shape index (κ1) is 14.2. The predicted molar refractivity (Wildman–Crippen MR) is 71.5 cm³/mol. The van der Waals surface area contributed by atoms with Gasteiger partial charge in [-0.1, -0.05) is 19.8 Å². The third-order valence-electron chi connectivity index (χ3n) is 2.66. The fraction of sp³-hybridized carbons (Fsp3) is 0.545. The summed E-state index contributed by atoms with van der Waals surface area (Å²) in [4.78, 5) is 16.4. The van der Waals surface area contributed by atoms with E-state index >= 15 is 0 Å². The second-order valence-electron chi connectivity index (χ2n) is 4.07. The molecular weight excluding hydrogens is 234 g/mol. The molecule has 0 fully saturated rings. The Balaban J connectivity index is 2.92. The van der Waals surface area contributed by atoms with Crippen molar-refractivity contribution < 1.29 is 4.92 Å². The number of nitrogens with zero attached hydrogens (tertiary/aromatic N) is 3. The Labute approximate surface area is 106 Å². The Hall–Kier alpha value is -1.89. The summed E-state index contributed by atoms with van der Waals surface area (Å²) in [5, 5.41) is 10.9. The number of nitro groups is 1. The molecule has 0 bridgehead atoms. The minimum atomic E-state index is -0.432. The summed E-state index contributed by atoms with van der Waals surface area (Å²) >= 11 is 0. The highest BCUT2D eigenvalue weighted by molar-refractivity contribution is 5.61. The van der Waals surface area contributed by atoms with Crippen LogP contribution in [0.4, 0.5) is 17.3 Å². The second kappa shape index (κ2) is 6.75. The Morgan fingerprint density at radius 3 is 2.78 bits per heavy atom. The van der Waals surface area contributed by atoms with Crippen molar-refractivity contribution in [2.24, 2.45) is 5.84 Å². The highest BCUT2D eigenvalue weighted by atomic mass is 16.6. The van der Waals surface area contributed by atoms with Gasteiger partial charge in [-0.3, -0.25) is 10.1 Å². The fourth-order valence-electron chi connectivity index (χ4n) is 1.65. The number of rotatable bonds is 7. The van der Waals surface area contributed by atoms with Crippen LogP contribution in [-0.4, -0.2) is 23.5 Å². The van der Waals surface area contributed by atoms with Gasteiger partial charge in [0.1, 0.15) is 5.82 Å². The Bertz CT molecular complexity index is 410. The van der Waals surface area contributed by atoms with Crippen LogP contribution in [0.2, 0.25) is 0 Å². The van der Waals surface area contributed by atoms with E-state index in [1.807, 2.05) is 0 Å². The average Bonchev–Trinajstić information content (AvgIpc) is 2.38. The van der Waals surface area contributed by atoms with Gasteiger partial charge in [-0.05, 0) is 12.5 Å². The molecule has 0 atom stereocenters. The zero-order valence-corrected chi connectivity index (χ0v) is 10.7. The number of nitrogens with one attached hydrogen (secondary N) is 1. The van der Waals surface area contributed by atoms with Gasteiger partial charge in [0.15, 0.2) is 0 Å². The van der Waals surface area contributed by atoms with E-state index in [0.29, 0.717) is 11.6 Å². The lowest BCUT2D eigenvalue weighted by Crippen LogP contribution is -2.22. The van der Waals surface area contributed by atoms with Crippen LogP contribution in [-0.2, 0) is 0 Å². The maximum absolute atomic E-state index is 10.9. The van der Waals surface area contributed by atoms with Gasteiger partial charge in [-0.15, -0.1) is 0 Å². The molecule has 1 heterocycles. The monoisotopic (exact) mass is 253 g/mol. The van der Waals surface area contributed by atoms with E-state index in [9.17, 15) is 10.1 Å². The first-order chi connectivity index (χ1) is 8.60. The molecule has 0 amide bonds. The van der Waals surface area contributed by atoms with Gasteiger partial charge in [-0.25, -0.2) is 10.8 Å². The van der Waals surface area contributed by atoms with Crippen molar-refractivity contribution in [2.75, 3.05) is 23.9 Å². The van der Waals surface area contributed by atoms with Crippen molar-refractivity contribution in [3.05, 3.63) is 22.2 Å². The summed E-state index contributed by atoms with van der Waals surface area (Å²) in [5.74, 6) is 6.02. The molecule has 0 spiro atoms. The van der Waals surface area contributed by atoms with E-state index in [-0.39, 0.29) is 5.69 Å². The minimum absolute atomic E-state index is 0.00648. The standard InChI is InChI=1S/C11H19N5O2/c1-3-4-5-8-15(2)11-9(16(17)18)6-7-10(13-11)14-12/h6-7H,3-5,8,12H2,1-2H3,(H,13,14). The molecule has 0 aliphatic carbocycles. The number of anilines is 2. The van der Waals surface area contributed by atoms with Crippen LogP contribution < -0.4 is 16.2 Å². The molecule has 0 aliphatic heterocycles. The van der Waals surface area contributed by atoms with Gasteiger partial charge < -0.3 is 10.3 Å². The Morgan fingerprint density at radius 2 is 2.22 bits per heavy atom. The van der Waals surface area contributed by atoms with Crippen LogP contribution in [0.15, 0.2) is 12.1 Å². The smallest absolute Gasteiger partial charge is 0.311 e. The van der Waals surface area contributed by atoms with E-state index in [1.54, 1.807) is 11.9 Å². The molecule has 1 rings (SSSR count). The molecule has 1 aromatic rings. The molecule has 7 heteroatoms. The van der Waals surface area contributed by atoms with E-state index in [1.165, 1.54) is 12.1 Å². The number of hydrogen-bond acceptors (Lipinski definition) is 6. The molecule has 1 aromatic heterocycles. The third kappa shape index (κ3) is 3.56. The first-order valence-corrected chi connectivity index (χ1v) is 5.93. The summed E-state index contributed by atoms with van der Waals surface area (Å²) in [7, 11) is 1.80. The summed E-state index contributed by atoms with van der Waals surface area (Å²) in [6.07, 6.45) is 3.17. The highest BCUT2D eigenvalue weighted by Crippen LogP contribution is 2.26. The van der Waals surface area contributed by atoms with Crippen LogP contribution in [0.3, 0.4) is 0 Å². The van der Waals surface area contributed by atoms with Crippen molar-refractivity contribution in [3.8, 4) is 0 Å². The van der Waals surface area contributed by atoms with E-state index in [4.69, 9.17) is 5.84 Å². The van der Waals surface area contributed by atoms with Gasteiger partial charge in [0.05, 0.1) is 4.92 Å². The van der Waals surface area contributed by atoms with E-state index < -0.39 is 4.92 Å². The lowest BCUT2D eigenvalue weighted by Gasteiger charge is -2.18. The number of hydrazine groups is 1. The van der Waals surface area contributed by atoms with Crippen LogP contribution in [0.25, 0.3) is 0 Å². The molecule has 0 radical (unpaired) electrons. The third-order valence-corrected chi connectivity index (χ3v) is 2.66. The van der Waals surface area contributed by atoms with Crippen LogP contribution in [0.5, 0.6) is 0 Å². The quantitative estimate of drug-likeness (QED) is 0.333. The predicted octanol–water partition coefficient (Wildman–Crippen LogP) is 1.90. The molecule has 3 N–H and O–H groups in total. The lowest BCUT2D eigenvalue weighted by molar-refractivity contribution is -0.384. The summed E-state index contributed by atoms with van der Waals surface area (Å²) in [6, 6.07) is 2.90. The zero-order valence-electron chi connectivity index (χ0n) is 10.7. The van der Waals surface area contributed by atoms with Gasteiger partial charge in [0, 0.05) is 19.7 Å². The second-order valence-corrected chi connectivity index (χ2v) is 4.07. The molecule has 0 unspecified atom stereocenters. The highest BCUT2D eigenvalue weighted by Gasteiger charge is 2.19. The molecule has 0 saturated heterocycles. The molecule has 18 heavy (non-hydrogen) atoms. The van der Waals surface area contributed by atoms with Crippen molar-refractivity contribution in [3.63, 3.8) is 0 Å². The summed E-state index contributed by atoms with van der Waals surface area (Å²) in [5.41, 5.74) is 2.39. The number of nitrogen functional groups attached to an aromatic ring is 1. The number of nitrogens with two attached hydrogens (primary N) is 1. The molecule has 7 nitrogen and oxygen atoms in total. The van der Waals surface area contributed by atoms with Crippen molar-refractivity contribution >= 4 is 17.3 Å². The van der Waals surface area contributed by atoms with Gasteiger partial charge in [0.2, 0.25) is 5.82 Å². The maximum atomic E-state index is 10.9.